The van der Waals surface area contributed by atoms with Crippen LogP contribution in [0, 0.1) is 0 Å². The Bertz CT molecular complexity index is 862. The van der Waals surface area contributed by atoms with Crippen LogP contribution in [0.15, 0.2) is 42.5 Å². The van der Waals surface area contributed by atoms with Crippen molar-refractivity contribution in [2.45, 2.75) is 25.4 Å². The lowest BCUT2D eigenvalue weighted by Crippen LogP contribution is -2.22. The number of nitrogens with one attached hydrogen (secondary N) is 1. The molecule has 0 bridgehead atoms. The molecular formula is C20H19ClN2O3. The summed E-state index contributed by atoms with van der Waals surface area (Å²) in [6.45, 7) is 1.94. The summed E-state index contributed by atoms with van der Waals surface area (Å²) in [7, 11) is 0. The average molecular weight is 371 g/mol. The van der Waals surface area contributed by atoms with Crippen molar-refractivity contribution in [1.82, 2.24) is 0 Å². The molecule has 0 radical (unpaired) electrons. The van der Waals surface area contributed by atoms with E-state index in [9.17, 15) is 9.59 Å². The minimum Gasteiger partial charge on any atom is -0.453 e. The van der Waals surface area contributed by atoms with Gasteiger partial charge in [0, 0.05) is 23.7 Å². The van der Waals surface area contributed by atoms with Crippen molar-refractivity contribution in [1.29, 1.82) is 0 Å². The van der Waals surface area contributed by atoms with E-state index in [4.69, 9.17) is 16.3 Å². The van der Waals surface area contributed by atoms with E-state index in [1.807, 2.05) is 24.3 Å². The van der Waals surface area contributed by atoms with E-state index in [0.29, 0.717) is 16.3 Å². The summed E-state index contributed by atoms with van der Waals surface area (Å²) in [5, 5.41) is 3.51. The quantitative estimate of drug-likeness (QED) is 0.820. The summed E-state index contributed by atoms with van der Waals surface area (Å²) < 4.78 is 5.36. The van der Waals surface area contributed by atoms with Crippen LogP contribution in [0.5, 0.6) is 0 Å². The van der Waals surface area contributed by atoms with Crippen LogP contribution in [0.2, 0.25) is 5.02 Å². The number of esters is 1. The monoisotopic (exact) mass is 370 g/mol. The Balaban J connectivity index is 1.51. The number of benzene rings is 2. The second-order valence-electron chi connectivity index (χ2n) is 6.59. The largest absolute Gasteiger partial charge is 0.453 e. The zero-order chi connectivity index (χ0) is 18.1. The number of hydrogen-bond donors (Lipinski definition) is 1. The number of rotatable bonds is 4. The molecule has 0 aromatic heterocycles. The molecule has 2 aliphatic heterocycles. The number of amides is 1. The molecule has 2 aromatic rings. The molecule has 5 nitrogen and oxygen atoms in total. The second kappa shape index (κ2) is 7.00. The Morgan fingerprint density at radius 2 is 1.96 bits per heavy atom. The van der Waals surface area contributed by atoms with Crippen molar-refractivity contribution >= 4 is 34.9 Å². The SMILES string of the molecule is O=C(C[C@H]1OC(=O)c2ccccc21)Nc1cc(Cl)ccc1N1CCCC1. The molecule has 0 unspecified atom stereocenters. The molecule has 1 amide bonds. The summed E-state index contributed by atoms with van der Waals surface area (Å²) in [6, 6.07) is 12.7. The van der Waals surface area contributed by atoms with Crippen molar-refractivity contribution in [3.05, 3.63) is 58.6 Å². The van der Waals surface area contributed by atoms with Gasteiger partial charge in [0.15, 0.2) is 0 Å². The first-order valence-electron chi connectivity index (χ1n) is 8.76. The topological polar surface area (TPSA) is 58.6 Å². The number of carbonyl (C=O) groups excluding carboxylic acids is 2. The standard InChI is InChI=1S/C20H19ClN2O3/c21-13-7-8-17(23-9-3-4-10-23)16(11-13)22-19(24)12-18-14-5-1-2-6-15(14)20(25)26-18/h1-2,5-8,11,18H,3-4,9-10,12H2,(H,22,24)/t18-/m1/s1. The molecule has 2 heterocycles. The third kappa shape index (κ3) is 3.27. The highest BCUT2D eigenvalue weighted by Gasteiger charge is 2.32. The van der Waals surface area contributed by atoms with Gasteiger partial charge in [0.1, 0.15) is 6.10 Å². The third-order valence-electron chi connectivity index (χ3n) is 4.83. The Labute approximate surface area is 156 Å². The molecule has 0 spiro atoms. The summed E-state index contributed by atoms with van der Waals surface area (Å²) in [5.74, 6) is -0.582. The lowest BCUT2D eigenvalue weighted by molar-refractivity contribution is -0.118. The van der Waals surface area contributed by atoms with E-state index in [1.165, 1.54) is 0 Å². The maximum atomic E-state index is 12.6. The van der Waals surface area contributed by atoms with Crippen LogP contribution in [0.1, 0.15) is 41.3 Å². The molecule has 1 saturated heterocycles. The molecule has 1 N–H and O–H groups in total. The van der Waals surface area contributed by atoms with Crippen molar-refractivity contribution in [2.24, 2.45) is 0 Å². The van der Waals surface area contributed by atoms with E-state index in [2.05, 4.69) is 10.2 Å². The lowest BCUT2D eigenvalue weighted by Gasteiger charge is -2.22. The van der Waals surface area contributed by atoms with Gasteiger partial charge in [0.2, 0.25) is 5.91 Å². The van der Waals surface area contributed by atoms with Gasteiger partial charge in [-0.25, -0.2) is 4.79 Å². The molecule has 6 heteroatoms. The lowest BCUT2D eigenvalue weighted by atomic mass is 10.0. The van der Waals surface area contributed by atoms with Gasteiger partial charge in [-0.1, -0.05) is 29.8 Å². The van der Waals surface area contributed by atoms with E-state index < -0.39 is 6.10 Å². The summed E-state index contributed by atoms with van der Waals surface area (Å²) in [6.07, 6.45) is 1.82. The van der Waals surface area contributed by atoms with Gasteiger partial charge < -0.3 is 15.0 Å². The number of carbonyl (C=O) groups is 2. The smallest absolute Gasteiger partial charge is 0.339 e. The fraction of sp³-hybridized carbons (Fsp3) is 0.300. The first-order chi connectivity index (χ1) is 12.6. The molecular weight excluding hydrogens is 352 g/mol. The predicted molar refractivity (Wildman–Crippen MR) is 101 cm³/mol. The van der Waals surface area contributed by atoms with E-state index in [0.717, 1.165) is 37.2 Å². The Morgan fingerprint density at radius 1 is 1.19 bits per heavy atom. The second-order valence-corrected chi connectivity index (χ2v) is 7.03. The zero-order valence-corrected chi connectivity index (χ0v) is 15.0. The number of cyclic esters (lactones) is 1. The van der Waals surface area contributed by atoms with Gasteiger partial charge in [0.25, 0.3) is 0 Å². The van der Waals surface area contributed by atoms with Crippen LogP contribution in [-0.2, 0) is 9.53 Å². The number of halogens is 1. The number of nitrogens with zero attached hydrogens (tertiary/aromatic N) is 1. The number of hydrogen-bond acceptors (Lipinski definition) is 4. The summed E-state index contributed by atoms with van der Waals surface area (Å²) in [4.78, 5) is 26.8. The van der Waals surface area contributed by atoms with Gasteiger partial charge >= 0.3 is 5.97 Å². The summed E-state index contributed by atoms with van der Waals surface area (Å²) in [5.41, 5.74) is 2.97. The summed E-state index contributed by atoms with van der Waals surface area (Å²) >= 11 is 6.12. The minimum absolute atomic E-state index is 0.0781. The van der Waals surface area contributed by atoms with Crippen LogP contribution >= 0.6 is 11.6 Å². The fourth-order valence-electron chi connectivity index (χ4n) is 3.58. The molecule has 26 heavy (non-hydrogen) atoms. The minimum atomic E-state index is -0.548. The van der Waals surface area contributed by atoms with Gasteiger partial charge in [-0.2, -0.15) is 0 Å². The molecule has 2 aliphatic rings. The van der Waals surface area contributed by atoms with E-state index >= 15 is 0 Å². The Kier molecular flexibility index (Phi) is 4.55. The first kappa shape index (κ1) is 16.9. The van der Waals surface area contributed by atoms with E-state index in [1.54, 1.807) is 18.2 Å². The average Bonchev–Trinajstić information content (AvgIpc) is 3.25. The maximum absolute atomic E-state index is 12.6. The maximum Gasteiger partial charge on any atom is 0.339 e. The molecule has 0 aliphatic carbocycles. The number of anilines is 2. The molecule has 1 fully saturated rings. The van der Waals surface area contributed by atoms with Crippen molar-refractivity contribution in [3.63, 3.8) is 0 Å². The molecule has 4 rings (SSSR count). The Hall–Kier alpha value is -2.53. The predicted octanol–water partition coefficient (Wildman–Crippen LogP) is 4.18. The van der Waals surface area contributed by atoms with Crippen molar-refractivity contribution in [2.75, 3.05) is 23.3 Å². The van der Waals surface area contributed by atoms with E-state index in [-0.39, 0.29) is 18.3 Å². The van der Waals surface area contributed by atoms with Crippen molar-refractivity contribution in [3.8, 4) is 0 Å². The highest BCUT2D eigenvalue weighted by Crippen LogP contribution is 2.35. The van der Waals surface area contributed by atoms with Crippen LogP contribution in [0.4, 0.5) is 11.4 Å². The van der Waals surface area contributed by atoms with Crippen LogP contribution < -0.4 is 10.2 Å². The Morgan fingerprint density at radius 3 is 2.77 bits per heavy atom. The zero-order valence-electron chi connectivity index (χ0n) is 14.2. The van der Waals surface area contributed by atoms with Gasteiger partial charge in [-0.05, 0) is 37.1 Å². The first-order valence-corrected chi connectivity index (χ1v) is 9.14. The van der Waals surface area contributed by atoms with Crippen LogP contribution in [-0.4, -0.2) is 25.0 Å². The highest BCUT2D eigenvalue weighted by molar-refractivity contribution is 6.31. The number of fused-ring (bicyclic) bond motifs is 1. The van der Waals surface area contributed by atoms with Gasteiger partial charge in [-0.3, -0.25) is 4.79 Å². The third-order valence-corrected chi connectivity index (χ3v) is 5.06. The molecule has 134 valence electrons. The number of ether oxygens (including phenoxy) is 1. The van der Waals surface area contributed by atoms with Gasteiger partial charge in [0.05, 0.1) is 23.4 Å². The molecule has 0 saturated carbocycles. The molecule has 2 aromatic carbocycles. The van der Waals surface area contributed by atoms with Crippen LogP contribution in [0.25, 0.3) is 0 Å². The van der Waals surface area contributed by atoms with Gasteiger partial charge in [-0.15, -0.1) is 0 Å². The highest BCUT2D eigenvalue weighted by atomic mass is 35.5. The molecule has 1 atom stereocenters. The van der Waals surface area contributed by atoms with Crippen LogP contribution in [0.3, 0.4) is 0 Å². The van der Waals surface area contributed by atoms with Crippen molar-refractivity contribution < 1.29 is 14.3 Å². The fourth-order valence-corrected chi connectivity index (χ4v) is 3.76. The normalized spacial score (nSPS) is 18.6.